The van der Waals surface area contributed by atoms with Gasteiger partial charge in [-0.2, -0.15) is 5.10 Å². The van der Waals surface area contributed by atoms with Crippen molar-refractivity contribution in [1.29, 1.82) is 0 Å². The monoisotopic (exact) mass is 278 g/mol. The number of hydrogen-bond acceptors (Lipinski definition) is 3. The number of nitrogens with one attached hydrogen (secondary N) is 2. The van der Waals surface area contributed by atoms with Gasteiger partial charge in [0, 0.05) is 10.7 Å². The molecule has 100 valence electrons. The maximum Gasteiger partial charge on any atom is 0.278 e. The van der Waals surface area contributed by atoms with Gasteiger partial charge in [0.25, 0.3) is 5.91 Å². The van der Waals surface area contributed by atoms with Crippen molar-refractivity contribution in [3.05, 3.63) is 40.2 Å². The number of aromatic nitrogens is 2. The summed E-state index contributed by atoms with van der Waals surface area (Å²) in [5, 5.41) is 10.1. The van der Waals surface area contributed by atoms with E-state index in [9.17, 15) is 4.79 Å². The fourth-order valence-corrected chi connectivity index (χ4v) is 1.93. The summed E-state index contributed by atoms with van der Waals surface area (Å²) in [7, 11) is 0. The van der Waals surface area contributed by atoms with Crippen LogP contribution in [0.3, 0.4) is 0 Å². The summed E-state index contributed by atoms with van der Waals surface area (Å²) in [5.74, 6) is -0.348. The van der Waals surface area contributed by atoms with Crippen molar-refractivity contribution in [1.82, 2.24) is 10.2 Å². The SMILES string of the molecule is CCc1[nH]nc(C(=O)Nc2cccc(Cl)c2C)c1N. The van der Waals surface area contributed by atoms with Crippen molar-refractivity contribution in [2.75, 3.05) is 11.1 Å². The van der Waals surface area contributed by atoms with Gasteiger partial charge in [-0.15, -0.1) is 0 Å². The van der Waals surface area contributed by atoms with Crippen LogP contribution in [-0.4, -0.2) is 16.1 Å². The number of nitrogen functional groups attached to an aromatic ring is 1. The van der Waals surface area contributed by atoms with Crippen LogP contribution in [0.1, 0.15) is 28.7 Å². The van der Waals surface area contributed by atoms with Crippen molar-refractivity contribution in [2.45, 2.75) is 20.3 Å². The Hall–Kier alpha value is -2.01. The molecule has 1 aromatic carbocycles. The van der Waals surface area contributed by atoms with E-state index < -0.39 is 0 Å². The maximum absolute atomic E-state index is 12.1. The molecule has 0 saturated heterocycles. The van der Waals surface area contributed by atoms with Crippen LogP contribution in [0.5, 0.6) is 0 Å². The second-order valence-corrected chi connectivity index (χ2v) is 4.59. The Morgan fingerprint density at radius 1 is 1.53 bits per heavy atom. The molecule has 0 aliphatic carbocycles. The highest BCUT2D eigenvalue weighted by Gasteiger charge is 2.17. The first kappa shape index (κ1) is 13.4. The van der Waals surface area contributed by atoms with Gasteiger partial charge in [0.05, 0.1) is 11.4 Å². The van der Waals surface area contributed by atoms with Crippen molar-refractivity contribution in [3.63, 3.8) is 0 Å². The highest BCUT2D eigenvalue weighted by molar-refractivity contribution is 6.31. The number of carbonyl (C=O) groups excluding carboxylic acids is 1. The molecule has 0 fully saturated rings. The molecular formula is C13H15ClN4O. The molecule has 4 N–H and O–H groups in total. The van der Waals surface area contributed by atoms with Gasteiger partial charge in [0.1, 0.15) is 0 Å². The zero-order valence-electron chi connectivity index (χ0n) is 10.7. The molecule has 0 radical (unpaired) electrons. The van der Waals surface area contributed by atoms with E-state index >= 15 is 0 Å². The minimum Gasteiger partial charge on any atom is -0.395 e. The predicted molar refractivity (Wildman–Crippen MR) is 76.5 cm³/mol. The van der Waals surface area contributed by atoms with Gasteiger partial charge in [-0.05, 0) is 31.0 Å². The molecule has 1 aromatic heterocycles. The third-order valence-electron chi connectivity index (χ3n) is 2.97. The van der Waals surface area contributed by atoms with Crippen LogP contribution in [0.2, 0.25) is 5.02 Å². The van der Waals surface area contributed by atoms with Gasteiger partial charge in [0.2, 0.25) is 0 Å². The van der Waals surface area contributed by atoms with E-state index in [2.05, 4.69) is 15.5 Å². The van der Waals surface area contributed by atoms with Crippen LogP contribution in [0.4, 0.5) is 11.4 Å². The zero-order chi connectivity index (χ0) is 14.0. The minimum atomic E-state index is -0.348. The highest BCUT2D eigenvalue weighted by Crippen LogP contribution is 2.24. The molecule has 2 rings (SSSR count). The maximum atomic E-state index is 12.1. The molecule has 1 amide bonds. The van der Waals surface area contributed by atoms with Crippen molar-refractivity contribution in [2.24, 2.45) is 0 Å². The molecule has 0 unspecified atom stereocenters. The van der Waals surface area contributed by atoms with E-state index in [0.717, 1.165) is 11.3 Å². The van der Waals surface area contributed by atoms with Gasteiger partial charge in [-0.3, -0.25) is 9.89 Å². The molecule has 0 atom stereocenters. The second-order valence-electron chi connectivity index (χ2n) is 4.18. The van der Waals surface area contributed by atoms with E-state index in [1.807, 2.05) is 13.8 Å². The molecule has 0 aliphatic heterocycles. The lowest BCUT2D eigenvalue weighted by Crippen LogP contribution is -2.15. The Morgan fingerprint density at radius 2 is 2.26 bits per heavy atom. The van der Waals surface area contributed by atoms with Gasteiger partial charge in [-0.25, -0.2) is 0 Å². The first-order chi connectivity index (χ1) is 9.04. The van der Waals surface area contributed by atoms with Crippen LogP contribution in [0.15, 0.2) is 18.2 Å². The van der Waals surface area contributed by atoms with Crippen LogP contribution in [-0.2, 0) is 6.42 Å². The molecule has 0 bridgehead atoms. The van der Waals surface area contributed by atoms with Gasteiger partial charge >= 0.3 is 0 Å². The third kappa shape index (κ3) is 2.56. The Kier molecular flexibility index (Phi) is 3.76. The summed E-state index contributed by atoms with van der Waals surface area (Å²) in [6, 6.07) is 5.32. The molecule has 1 heterocycles. The van der Waals surface area contributed by atoms with Gasteiger partial charge in [-0.1, -0.05) is 24.6 Å². The largest absolute Gasteiger partial charge is 0.395 e. The van der Waals surface area contributed by atoms with Crippen LogP contribution < -0.4 is 11.1 Å². The number of carbonyl (C=O) groups is 1. The van der Waals surface area contributed by atoms with Gasteiger partial charge in [0.15, 0.2) is 5.69 Å². The highest BCUT2D eigenvalue weighted by atomic mass is 35.5. The Labute approximate surface area is 116 Å². The first-order valence-corrected chi connectivity index (χ1v) is 6.31. The lowest BCUT2D eigenvalue weighted by Gasteiger charge is -2.08. The lowest BCUT2D eigenvalue weighted by atomic mass is 10.2. The van der Waals surface area contributed by atoms with Crippen LogP contribution >= 0.6 is 11.6 Å². The average molecular weight is 279 g/mol. The van der Waals surface area contributed by atoms with E-state index in [-0.39, 0.29) is 11.6 Å². The second kappa shape index (κ2) is 5.32. The summed E-state index contributed by atoms with van der Waals surface area (Å²) < 4.78 is 0. The fraction of sp³-hybridized carbons (Fsp3) is 0.231. The number of nitrogens with two attached hydrogens (primary N) is 1. The van der Waals surface area contributed by atoms with Gasteiger partial charge < -0.3 is 11.1 Å². The zero-order valence-corrected chi connectivity index (χ0v) is 11.5. The Morgan fingerprint density at radius 3 is 2.89 bits per heavy atom. The minimum absolute atomic E-state index is 0.205. The van der Waals surface area contributed by atoms with Crippen molar-refractivity contribution < 1.29 is 4.79 Å². The molecule has 0 aliphatic rings. The third-order valence-corrected chi connectivity index (χ3v) is 3.38. The van der Waals surface area contributed by atoms with E-state index in [0.29, 0.717) is 22.8 Å². The lowest BCUT2D eigenvalue weighted by molar-refractivity contribution is 0.102. The van der Waals surface area contributed by atoms with E-state index in [1.165, 1.54) is 0 Å². The van der Waals surface area contributed by atoms with E-state index in [4.69, 9.17) is 17.3 Å². The number of halogens is 1. The molecule has 5 nitrogen and oxygen atoms in total. The summed E-state index contributed by atoms with van der Waals surface area (Å²) in [4.78, 5) is 12.1. The van der Waals surface area contributed by atoms with Crippen LogP contribution in [0, 0.1) is 6.92 Å². The number of nitrogens with zero attached hydrogens (tertiary/aromatic N) is 1. The number of hydrogen-bond donors (Lipinski definition) is 3. The summed E-state index contributed by atoms with van der Waals surface area (Å²) in [6.07, 6.45) is 0.697. The Bertz CT molecular complexity index is 621. The molecule has 2 aromatic rings. The Balaban J connectivity index is 2.26. The molecular weight excluding hydrogens is 264 g/mol. The number of anilines is 2. The number of aromatic amines is 1. The van der Waals surface area contributed by atoms with Crippen molar-refractivity contribution in [3.8, 4) is 0 Å². The number of benzene rings is 1. The standard InChI is InChI=1S/C13H15ClN4O/c1-3-9-11(15)12(18-17-9)13(19)16-10-6-4-5-8(14)7(10)2/h4-6H,3,15H2,1-2H3,(H,16,19)(H,17,18). The predicted octanol–water partition coefficient (Wildman–Crippen LogP) is 2.77. The summed E-state index contributed by atoms with van der Waals surface area (Å²) >= 11 is 6.00. The summed E-state index contributed by atoms with van der Waals surface area (Å²) in [6.45, 7) is 3.77. The van der Waals surface area contributed by atoms with Crippen LogP contribution in [0.25, 0.3) is 0 Å². The number of rotatable bonds is 3. The first-order valence-electron chi connectivity index (χ1n) is 5.93. The fourth-order valence-electron chi connectivity index (χ4n) is 1.75. The molecule has 0 spiro atoms. The van der Waals surface area contributed by atoms with Crippen molar-refractivity contribution >= 4 is 28.9 Å². The topological polar surface area (TPSA) is 83.8 Å². The normalized spacial score (nSPS) is 10.5. The summed E-state index contributed by atoms with van der Waals surface area (Å²) in [5.41, 5.74) is 8.67. The average Bonchev–Trinajstić information content (AvgIpc) is 2.76. The smallest absolute Gasteiger partial charge is 0.278 e. The molecule has 0 saturated carbocycles. The van der Waals surface area contributed by atoms with E-state index in [1.54, 1.807) is 18.2 Å². The quantitative estimate of drug-likeness (QED) is 0.807. The number of H-pyrrole nitrogens is 1. The molecule has 19 heavy (non-hydrogen) atoms. The number of aryl methyl sites for hydroxylation is 1. The molecule has 6 heteroatoms. The number of amides is 1.